The normalized spacial score (nSPS) is 27.6. The number of ether oxygens (including phenoxy) is 1. The third-order valence-corrected chi connectivity index (χ3v) is 8.12. The van der Waals surface area contributed by atoms with Crippen LogP contribution in [0.5, 0.6) is 0 Å². The molecule has 4 rings (SSSR count). The molecule has 0 aliphatic carbocycles. The summed E-state index contributed by atoms with van der Waals surface area (Å²) >= 11 is 0. The van der Waals surface area contributed by atoms with Gasteiger partial charge in [0, 0.05) is 18.5 Å². The van der Waals surface area contributed by atoms with Gasteiger partial charge < -0.3 is 19.9 Å². The summed E-state index contributed by atoms with van der Waals surface area (Å²) in [4.78, 5) is 16.5. The third-order valence-electron chi connectivity index (χ3n) is 6.79. The number of hydrogen-bond donors (Lipinski definition) is 2. The second-order valence-corrected chi connectivity index (χ2v) is 11.5. The number of rotatable bonds is 4. The van der Waals surface area contributed by atoms with E-state index in [1.165, 1.54) is 11.0 Å². The molecule has 2 saturated heterocycles. The van der Waals surface area contributed by atoms with Crippen LogP contribution in [0.3, 0.4) is 0 Å². The van der Waals surface area contributed by atoms with E-state index in [1.54, 1.807) is 12.1 Å². The second-order valence-electron chi connectivity index (χ2n) is 9.96. The highest BCUT2D eigenvalue weighted by Crippen LogP contribution is 2.35. The van der Waals surface area contributed by atoms with Gasteiger partial charge in [-0.2, -0.15) is 8.42 Å². The van der Waals surface area contributed by atoms with Gasteiger partial charge in [0.1, 0.15) is 41.6 Å². The highest BCUT2D eigenvalue weighted by molar-refractivity contribution is 7.90. The average Bonchev–Trinajstić information content (AvgIpc) is 2.96. The number of carbonyl (C=O) groups is 1. The minimum Gasteiger partial charge on any atom is -0.364 e. The number of nitrogens with zero attached hydrogens (tertiary/aromatic N) is 2. The zero-order valence-corrected chi connectivity index (χ0v) is 20.3. The Morgan fingerprint density at radius 2 is 1.94 bits per heavy atom. The van der Waals surface area contributed by atoms with Gasteiger partial charge in [0.15, 0.2) is 0 Å². The summed E-state index contributed by atoms with van der Waals surface area (Å²) in [5.41, 5.74) is 0.804. The second kappa shape index (κ2) is 8.76. The van der Waals surface area contributed by atoms with Gasteiger partial charge in [-0.05, 0) is 58.7 Å². The molecule has 1 amide bonds. The Labute approximate surface area is 191 Å². The molecule has 2 fully saturated rings. The quantitative estimate of drug-likeness (QED) is 0.704. The Bertz CT molecular complexity index is 1010. The maximum absolute atomic E-state index is 12.9. The molecule has 3 aliphatic heterocycles. The minimum absolute atomic E-state index is 0.122. The van der Waals surface area contributed by atoms with Crippen LogP contribution in [0, 0.1) is 0 Å². The van der Waals surface area contributed by atoms with Crippen molar-refractivity contribution in [1.82, 2.24) is 5.32 Å². The predicted molar refractivity (Wildman–Crippen MR) is 124 cm³/mol. The molecule has 3 aliphatic rings. The number of nitrogens with one attached hydrogen (secondary N) is 2. The van der Waals surface area contributed by atoms with Crippen LogP contribution in [0.25, 0.3) is 0 Å². The van der Waals surface area contributed by atoms with Crippen LogP contribution in [0.2, 0.25) is 0 Å². The molecule has 0 saturated carbocycles. The zero-order valence-electron chi connectivity index (χ0n) is 19.5. The molecule has 0 bridgehead atoms. The number of sulfonamides is 1. The van der Waals surface area contributed by atoms with E-state index >= 15 is 0 Å². The maximum atomic E-state index is 12.9. The number of amidine groups is 1. The van der Waals surface area contributed by atoms with Crippen LogP contribution in [0.4, 0.5) is 5.69 Å². The molecule has 2 unspecified atom stereocenters. The molecule has 1 aromatic carbocycles. The molecule has 2 N–H and O–H groups in total. The van der Waals surface area contributed by atoms with Gasteiger partial charge in [0.2, 0.25) is 0 Å². The number of hydrogen-bond acceptors (Lipinski definition) is 5. The van der Waals surface area contributed by atoms with Crippen LogP contribution in [0.15, 0.2) is 27.5 Å². The van der Waals surface area contributed by atoms with E-state index in [4.69, 9.17) is 4.74 Å². The highest BCUT2D eigenvalue weighted by atomic mass is 32.2. The van der Waals surface area contributed by atoms with E-state index in [1.807, 2.05) is 4.90 Å². The summed E-state index contributed by atoms with van der Waals surface area (Å²) < 4.78 is 35.6. The molecule has 1 aromatic rings. The van der Waals surface area contributed by atoms with E-state index < -0.39 is 10.0 Å². The third kappa shape index (κ3) is 4.70. The van der Waals surface area contributed by atoms with E-state index in [0.717, 1.165) is 38.9 Å². The first-order valence-electron chi connectivity index (χ1n) is 11.6. The fourth-order valence-corrected chi connectivity index (χ4v) is 6.26. The van der Waals surface area contributed by atoms with Crippen LogP contribution >= 0.6 is 0 Å². The molecular formula is C23H35N4O4S+. The highest BCUT2D eigenvalue weighted by Gasteiger charge is 2.37. The fraction of sp³-hybridized carbons (Fsp3) is 0.652. The van der Waals surface area contributed by atoms with E-state index in [9.17, 15) is 13.2 Å². The van der Waals surface area contributed by atoms with Crippen LogP contribution in [-0.2, 0) is 14.8 Å². The summed E-state index contributed by atoms with van der Waals surface area (Å²) in [6.07, 6.45) is 4.02. The topological polar surface area (TPSA) is 92.5 Å². The van der Waals surface area contributed by atoms with Gasteiger partial charge in [0.05, 0.1) is 12.2 Å². The average molecular weight is 464 g/mol. The van der Waals surface area contributed by atoms with Crippen molar-refractivity contribution in [3.05, 3.63) is 23.8 Å². The molecule has 0 aromatic heterocycles. The fourth-order valence-electron chi connectivity index (χ4n) is 4.97. The SMILES string of the molecule is CC1C[NH+](C(C)(C)CNC(=O)c2ccc3c(c2)S(=O)(=O)N=C2CCCCCN23)CC(C)O1. The van der Waals surface area contributed by atoms with Gasteiger partial charge in [-0.15, -0.1) is 4.40 Å². The van der Waals surface area contributed by atoms with Crippen molar-refractivity contribution in [2.75, 3.05) is 31.1 Å². The summed E-state index contributed by atoms with van der Waals surface area (Å²) in [5, 5.41) is 3.02. The zero-order chi connectivity index (χ0) is 23.1. The Hall–Kier alpha value is -1.97. The Kier molecular flexibility index (Phi) is 6.35. The molecule has 0 spiro atoms. The lowest BCUT2D eigenvalue weighted by molar-refractivity contribution is -0.960. The van der Waals surface area contributed by atoms with E-state index in [0.29, 0.717) is 30.1 Å². The summed E-state index contributed by atoms with van der Waals surface area (Å²) in [6, 6.07) is 4.95. The monoisotopic (exact) mass is 463 g/mol. The molecule has 2 atom stereocenters. The summed E-state index contributed by atoms with van der Waals surface area (Å²) in [6.45, 7) is 11.5. The number of amides is 1. The summed E-state index contributed by atoms with van der Waals surface area (Å²) in [5.74, 6) is 0.348. The lowest BCUT2D eigenvalue weighted by Gasteiger charge is -2.42. The minimum atomic E-state index is -3.81. The van der Waals surface area contributed by atoms with Gasteiger partial charge in [-0.25, -0.2) is 0 Å². The lowest BCUT2D eigenvalue weighted by atomic mass is 10.00. The molecule has 0 radical (unpaired) electrons. The van der Waals surface area contributed by atoms with Crippen molar-refractivity contribution in [3.8, 4) is 0 Å². The Morgan fingerprint density at radius 1 is 1.22 bits per heavy atom. The van der Waals surface area contributed by atoms with Crippen molar-refractivity contribution in [2.24, 2.45) is 4.40 Å². The molecule has 32 heavy (non-hydrogen) atoms. The maximum Gasteiger partial charge on any atom is 0.286 e. The number of fused-ring (bicyclic) bond motifs is 3. The van der Waals surface area contributed by atoms with Gasteiger partial charge in [0.25, 0.3) is 15.9 Å². The Morgan fingerprint density at radius 3 is 2.66 bits per heavy atom. The summed E-state index contributed by atoms with van der Waals surface area (Å²) in [7, 11) is -3.81. The molecule has 176 valence electrons. The smallest absolute Gasteiger partial charge is 0.286 e. The molecule has 3 heterocycles. The standard InChI is InChI=1S/C23H34N4O4S/c1-16-13-26(14-17(2)31-16)23(3,4)15-24-22(28)18-9-10-19-20(12-18)32(29,30)25-21-8-6-5-7-11-27(19)21/h9-10,12,16-17H,5-8,11,13-15H2,1-4H3,(H,24,28)/p+1. The number of quaternary nitrogens is 1. The number of anilines is 1. The van der Waals surface area contributed by atoms with Gasteiger partial charge >= 0.3 is 0 Å². The van der Waals surface area contributed by atoms with E-state index in [2.05, 4.69) is 37.4 Å². The van der Waals surface area contributed by atoms with Crippen LogP contribution < -0.4 is 15.1 Å². The first kappa shape index (κ1) is 23.2. The first-order chi connectivity index (χ1) is 15.1. The Balaban J connectivity index is 1.50. The van der Waals surface area contributed by atoms with Crippen molar-refractivity contribution in [3.63, 3.8) is 0 Å². The molecule has 9 heteroatoms. The molecule has 8 nitrogen and oxygen atoms in total. The van der Waals surface area contributed by atoms with Gasteiger partial charge in [-0.3, -0.25) is 4.79 Å². The first-order valence-corrected chi connectivity index (χ1v) is 13.0. The number of carbonyl (C=O) groups excluding carboxylic acids is 1. The van der Waals surface area contributed by atoms with Crippen molar-refractivity contribution < 1.29 is 22.8 Å². The van der Waals surface area contributed by atoms with E-state index in [-0.39, 0.29) is 28.5 Å². The van der Waals surface area contributed by atoms with Gasteiger partial charge in [-0.1, -0.05) is 6.42 Å². The number of morpholine rings is 1. The van der Waals surface area contributed by atoms with Crippen molar-refractivity contribution in [2.45, 2.75) is 76.0 Å². The van der Waals surface area contributed by atoms with Crippen molar-refractivity contribution in [1.29, 1.82) is 0 Å². The predicted octanol–water partition coefficient (Wildman–Crippen LogP) is 1.37. The van der Waals surface area contributed by atoms with Crippen molar-refractivity contribution >= 4 is 27.5 Å². The van der Waals surface area contributed by atoms with Crippen LogP contribution in [0.1, 0.15) is 63.7 Å². The van der Waals surface area contributed by atoms with Crippen LogP contribution in [-0.4, -0.2) is 64.1 Å². The molecular weight excluding hydrogens is 428 g/mol. The lowest BCUT2D eigenvalue weighted by Crippen LogP contribution is -3.23. The number of benzene rings is 1. The largest absolute Gasteiger partial charge is 0.364 e.